The summed E-state index contributed by atoms with van der Waals surface area (Å²) in [6.45, 7) is 5.31. The first-order valence-electron chi connectivity index (χ1n) is 28.7. The summed E-state index contributed by atoms with van der Waals surface area (Å²) in [5, 5.41) is 24.8. The summed E-state index contributed by atoms with van der Waals surface area (Å²) < 4.78 is 22.2. The Morgan fingerprint density at radius 3 is 2.23 bits per heavy atom. The zero-order chi connectivity index (χ0) is 64.8. The van der Waals surface area contributed by atoms with E-state index >= 15 is 0 Å². The molecule has 4 aromatic carbocycles. The third-order valence-electron chi connectivity index (χ3n) is 14.8. The average molecular weight is 1260 g/mol. The van der Waals surface area contributed by atoms with Gasteiger partial charge in [-0.25, -0.2) is 24.2 Å². The number of halogens is 1. The number of hydrogen-bond donors (Lipinski definition) is 8. The number of nitrogens with one attached hydrogen (secondary N) is 6. The number of imide groups is 1. The van der Waals surface area contributed by atoms with Gasteiger partial charge in [0.2, 0.25) is 11.8 Å². The minimum Gasteiger partial charge on any atom is -0.508 e. The molecule has 8 rings (SSSR count). The molecule has 474 valence electrons. The number of aromatic hydroxyl groups is 1. The van der Waals surface area contributed by atoms with Crippen LogP contribution in [0.2, 0.25) is 0 Å². The Morgan fingerprint density at radius 2 is 1.54 bits per heavy atom. The topological polar surface area (TPSA) is 356 Å². The van der Waals surface area contributed by atoms with Gasteiger partial charge in [-0.1, -0.05) is 44.2 Å². The van der Waals surface area contributed by atoms with Crippen molar-refractivity contribution in [3.63, 3.8) is 0 Å². The van der Waals surface area contributed by atoms with Gasteiger partial charge in [0.05, 0.1) is 37.3 Å². The summed E-state index contributed by atoms with van der Waals surface area (Å²) in [5.74, 6) is -3.33. The van der Waals surface area contributed by atoms with E-state index in [2.05, 4.69) is 36.6 Å². The second kappa shape index (κ2) is 30.1. The molecule has 2 aliphatic rings. The van der Waals surface area contributed by atoms with E-state index in [0.717, 1.165) is 33.6 Å². The van der Waals surface area contributed by atoms with Crippen LogP contribution >= 0.6 is 11.6 Å². The number of H-pyrrole nitrogens is 1. The summed E-state index contributed by atoms with van der Waals surface area (Å²) in [6, 6.07) is 19.7. The van der Waals surface area contributed by atoms with Crippen molar-refractivity contribution < 1.29 is 72.0 Å². The number of alkyl carbamates (subject to hydrolysis) is 1. The van der Waals surface area contributed by atoms with Crippen molar-refractivity contribution >= 4 is 110 Å². The van der Waals surface area contributed by atoms with Gasteiger partial charge in [0.1, 0.15) is 48.1 Å². The number of carbonyl (C=O) groups excluding carboxylic acids is 10. The van der Waals surface area contributed by atoms with Crippen LogP contribution in [0.5, 0.6) is 11.5 Å². The van der Waals surface area contributed by atoms with Crippen molar-refractivity contribution in [1.82, 2.24) is 40.6 Å². The number of benzene rings is 4. The molecule has 0 saturated heterocycles. The minimum atomic E-state index is -1.14. The second-order valence-electron chi connectivity index (χ2n) is 21.6. The molecule has 0 saturated carbocycles. The Morgan fingerprint density at radius 1 is 0.833 bits per heavy atom. The van der Waals surface area contributed by atoms with Crippen molar-refractivity contribution in [2.24, 2.45) is 11.7 Å². The molecule has 9 N–H and O–H groups in total. The number of aryl methyl sites for hydroxylation is 1. The third kappa shape index (κ3) is 16.7. The number of primary amides is 1. The summed E-state index contributed by atoms with van der Waals surface area (Å²) in [7, 11) is 3.02. The molecule has 0 aliphatic carbocycles. The lowest BCUT2D eigenvalue weighted by Gasteiger charge is -2.25. The summed E-state index contributed by atoms with van der Waals surface area (Å²) in [4.78, 5) is 142. The lowest BCUT2D eigenvalue weighted by Crippen LogP contribution is -2.54. The molecular formula is C62H69ClN12O15. The predicted molar refractivity (Wildman–Crippen MR) is 331 cm³/mol. The van der Waals surface area contributed by atoms with Gasteiger partial charge in [-0.3, -0.25) is 33.7 Å². The van der Waals surface area contributed by atoms with Crippen LogP contribution in [-0.2, 0) is 40.0 Å². The van der Waals surface area contributed by atoms with E-state index in [9.17, 15) is 53.1 Å². The zero-order valence-electron chi connectivity index (χ0n) is 50.0. The molecule has 4 heterocycles. The van der Waals surface area contributed by atoms with Crippen LogP contribution in [0.3, 0.4) is 0 Å². The number of alkyl halides is 1. The number of aromatic nitrogens is 2. The number of carbonyl (C=O) groups is 10. The highest BCUT2D eigenvalue weighted by Gasteiger charge is 2.37. The molecule has 0 fully saturated rings. The first kappa shape index (κ1) is 65.7. The van der Waals surface area contributed by atoms with Crippen molar-refractivity contribution in [3.8, 4) is 11.5 Å². The van der Waals surface area contributed by atoms with Crippen LogP contribution in [0, 0.1) is 12.8 Å². The van der Waals surface area contributed by atoms with Gasteiger partial charge in [0, 0.05) is 92.3 Å². The minimum absolute atomic E-state index is 0.0149. The Kier molecular flexibility index (Phi) is 22.0. The summed E-state index contributed by atoms with van der Waals surface area (Å²) in [5.41, 5.74) is 9.64. The number of aromatic amines is 1. The second-order valence-corrected chi connectivity index (χ2v) is 21.9. The van der Waals surface area contributed by atoms with Gasteiger partial charge >= 0.3 is 24.3 Å². The van der Waals surface area contributed by atoms with Crippen molar-refractivity contribution in [1.29, 1.82) is 0 Å². The SMILES string of the molecule is Cc1cccc2c(OC(=O)N(C)CCN(C)C(=O)OCc3ccc(NC(=O)[C@H](CCCNC(N)=O)NC(=O)[C@@H](NC(=O)OCCOCCN4C(=O)C=CC4=O)C(C)C)cc3)cc3c(c12)[C@H](CCl)CN3C(=O)c1cc2cc(NC(=O)c3ccc(O)cc3)cnc2[nH]1. The molecule has 90 heavy (non-hydrogen) atoms. The number of phenolic OH excluding ortho intramolecular Hbond substituents is 1. The van der Waals surface area contributed by atoms with Gasteiger partial charge in [-0.05, 0) is 96.3 Å². The van der Waals surface area contributed by atoms with Gasteiger partial charge in [0.25, 0.3) is 23.6 Å². The van der Waals surface area contributed by atoms with Crippen LogP contribution in [0.25, 0.3) is 21.8 Å². The Bertz CT molecular complexity index is 3710. The fourth-order valence-corrected chi connectivity index (χ4v) is 10.2. The Labute approximate surface area is 521 Å². The van der Waals surface area contributed by atoms with Crippen molar-refractivity contribution in [3.05, 3.63) is 131 Å². The number of nitrogens with two attached hydrogens (primary N) is 1. The van der Waals surface area contributed by atoms with Crippen molar-refractivity contribution in [2.75, 3.05) is 88.1 Å². The van der Waals surface area contributed by atoms with Crippen LogP contribution in [0.1, 0.15) is 70.1 Å². The third-order valence-corrected chi connectivity index (χ3v) is 15.2. The van der Waals surface area contributed by atoms with E-state index in [1.54, 1.807) is 61.2 Å². The zero-order valence-corrected chi connectivity index (χ0v) is 50.7. The van der Waals surface area contributed by atoms with Crippen LogP contribution in [0.4, 0.5) is 36.2 Å². The highest BCUT2D eigenvalue weighted by Crippen LogP contribution is 2.47. The number of phenols is 1. The summed E-state index contributed by atoms with van der Waals surface area (Å²) >= 11 is 6.60. The van der Waals surface area contributed by atoms with Gasteiger partial charge < -0.3 is 76.1 Å². The monoisotopic (exact) mass is 1260 g/mol. The first-order valence-corrected chi connectivity index (χ1v) is 29.2. The first-order chi connectivity index (χ1) is 43.1. The lowest BCUT2D eigenvalue weighted by molar-refractivity contribution is -0.137. The number of amides is 11. The van der Waals surface area contributed by atoms with E-state index in [1.165, 1.54) is 54.4 Å². The number of hydrogen-bond acceptors (Lipinski definition) is 16. The maximum Gasteiger partial charge on any atom is 0.415 e. The highest BCUT2D eigenvalue weighted by molar-refractivity contribution is 6.19. The van der Waals surface area contributed by atoms with Crippen LogP contribution in [0.15, 0.2) is 103 Å². The standard InChI is InChI=1S/C62H69ClN12O15/c1-35(2)53(71-60(84)88-27-26-87-25-24-74-49(77)19-20-50(74)78)57(81)70-45(10-7-21-65-59(64)83)56(80)67-41-15-11-37(12-16-41)34-89-61(85)72(4)22-23-73(5)62(86)90-48-30-47-52(51-36(3)8-6-9-44(48)51)40(31-63)33-75(47)58(82)46-29-39-28-42(32-66-54(39)69-46)68-55(79)38-13-17-43(76)18-14-38/h6,8-9,11-20,28-30,32,35,40,45,53,76H,7,10,21-27,31,33-34H2,1-5H3,(H,66,69)(H,67,80)(H,68,79)(H,70,81)(H,71,84)(H3,64,65,83)/t40-,45+,53+/m1/s1. The molecule has 6 aromatic rings. The maximum absolute atomic E-state index is 14.5. The van der Waals surface area contributed by atoms with E-state index in [1.807, 2.05) is 25.1 Å². The van der Waals surface area contributed by atoms with Gasteiger partial charge in [0.15, 0.2) is 0 Å². The molecule has 11 amide bonds. The maximum atomic E-state index is 14.5. The molecule has 0 unspecified atom stereocenters. The quantitative estimate of drug-likeness (QED) is 0.0169. The van der Waals surface area contributed by atoms with E-state index in [0.29, 0.717) is 44.6 Å². The average Bonchev–Trinajstić information content (AvgIpc) is 1.59. The predicted octanol–water partition coefficient (Wildman–Crippen LogP) is 6.23. The normalized spacial score (nSPS) is 14.0. The number of anilines is 3. The van der Waals surface area contributed by atoms with Gasteiger partial charge in [-0.2, -0.15) is 0 Å². The molecule has 28 heteroatoms. The fraction of sp³-hybridized carbons (Fsp3) is 0.339. The molecule has 0 bridgehead atoms. The molecular weight excluding hydrogens is 1190 g/mol. The lowest BCUT2D eigenvalue weighted by atomic mass is 9.92. The Hall–Kier alpha value is -10.3. The van der Waals surface area contributed by atoms with Crippen LogP contribution < -0.4 is 42.0 Å². The molecule has 3 atom stereocenters. The largest absolute Gasteiger partial charge is 0.508 e. The molecule has 0 radical (unpaired) electrons. The smallest absolute Gasteiger partial charge is 0.415 e. The molecule has 2 aliphatic heterocycles. The number of urea groups is 1. The molecule has 2 aromatic heterocycles. The number of rotatable bonds is 26. The summed E-state index contributed by atoms with van der Waals surface area (Å²) in [6.07, 6.45) is 1.70. The van der Waals surface area contributed by atoms with E-state index < -0.39 is 77.8 Å². The number of likely N-dealkylation sites (N-methyl/N-ethyl adjacent to an activating group) is 2. The van der Waals surface area contributed by atoms with Crippen LogP contribution in [-0.4, -0.2) is 174 Å². The fourth-order valence-electron chi connectivity index (χ4n) is 9.93. The number of nitrogens with zero attached hydrogens (tertiary/aromatic N) is 5. The number of fused-ring (bicyclic) bond motifs is 4. The van der Waals surface area contributed by atoms with E-state index in [-0.39, 0.29) is 101 Å². The highest BCUT2D eigenvalue weighted by atomic mass is 35.5. The molecule has 0 spiro atoms. The van der Waals surface area contributed by atoms with Gasteiger partial charge in [-0.15, -0.1) is 11.6 Å². The van der Waals surface area contributed by atoms with Crippen molar-refractivity contribution in [2.45, 2.75) is 58.2 Å². The number of pyridine rings is 1. The molecule has 27 nitrogen and oxygen atoms in total. The number of ether oxygens (including phenoxy) is 4. The Balaban J connectivity index is 0.825. The van der Waals surface area contributed by atoms with E-state index in [4.69, 9.17) is 36.3 Å².